The lowest BCUT2D eigenvalue weighted by atomic mass is 9.88. The van der Waals surface area contributed by atoms with Gasteiger partial charge in [0.15, 0.2) is 6.04 Å². The molecule has 0 fully saturated rings. The molecule has 6 heteroatoms. The summed E-state index contributed by atoms with van der Waals surface area (Å²) < 4.78 is 0. The van der Waals surface area contributed by atoms with Crippen molar-refractivity contribution in [2.75, 3.05) is 0 Å². The number of hydrogen-bond donors (Lipinski definition) is 4. The molecule has 3 unspecified atom stereocenters. The summed E-state index contributed by atoms with van der Waals surface area (Å²) in [6, 6.07) is -2.02. The van der Waals surface area contributed by atoms with Crippen LogP contribution >= 0.6 is 0 Å². The van der Waals surface area contributed by atoms with Gasteiger partial charge in [-0.15, -0.1) is 0 Å². The maximum absolute atomic E-state index is 11.5. The Bertz CT molecular complexity index is 284. The van der Waals surface area contributed by atoms with E-state index in [0.717, 1.165) is 0 Å². The Morgan fingerprint density at radius 3 is 1.88 bits per heavy atom. The van der Waals surface area contributed by atoms with Gasteiger partial charge in [0.25, 0.3) is 0 Å². The Balaban J connectivity index is 4.40. The molecular weight excluding hydrogens is 224 g/mol. The highest BCUT2D eigenvalue weighted by atomic mass is 16.4. The molecule has 2 amide bonds. The fourth-order valence-electron chi connectivity index (χ4n) is 0.985. The summed E-state index contributed by atoms with van der Waals surface area (Å²) in [5, 5.41) is 22.8. The number of rotatable bonds is 4. The first-order valence-corrected chi connectivity index (χ1v) is 5.53. The first-order valence-electron chi connectivity index (χ1n) is 5.53. The third-order valence-corrected chi connectivity index (χ3v) is 2.68. The molecule has 4 N–H and O–H groups in total. The summed E-state index contributed by atoms with van der Waals surface area (Å²) in [5.74, 6) is -1.27. The molecule has 0 saturated carbocycles. The highest BCUT2D eigenvalue weighted by Gasteiger charge is 2.27. The summed E-state index contributed by atoms with van der Waals surface area (Å²) in [4.78, 5) is 22.3. The molecule has 0 heterocycles. The van der Waals surface area contributed by atoms with Crippen LogP contribution in [-0.2, 0) is 4.79 Å². The predicted molar refractivity (Wildman–Crippen MR) is 63.7 cm³/mol. The van der Waals surface area contributed by atoms with Crippen LogP contribution in [0.5, 0.6) is 0 Å². The molecule has 0 radical (unpaired) electrons. The third-order valence-electron chi connectivity index (χ3n) is 2.68. The van der Waals surface area contributed by atoms with E-state index in [2.05, 4.69) is 10.6 Å². The monoisotopic (exact) mass is 246 g/mol. The summed E-state index contributed by atoms with van der Waals surface area (Å²) in [7, 11) is 0. The Morgan fingerprint density at radius 2 is 1.59 bits per heavy atom. The Hall–Kier alpha value is -1.30. The Kier molecular flexibility index (Phi) is 5.41. The van der Waals surface area contributed by atoms with E-state index in [-0.39, 0.29) is 11.5 Å². The van der Waals surface area contributed by atoms with Gasteiger partial charge in [0.1, 0.15) is 0 Å². The smallest absolute Gasteiger partial charge is 0.328 e. The first kappa shape index (κ1) is 15.7. The molecule has 0 saturated heterocycles. The Labute approximate surface area is 101 Å². The lowest BCUT2D eigenvalue weighted by Gasteiger charge is -2.29. The van der Waals surface area contributed by atoms with Crippen molar-refractivity contribution in [2.45, 2.75) is 52.8 Å². The highest BCUT2D eigenvalue weighted by molar-refractivity contribution is 5.83. The second-order valence-corrected chi connectivity index (χ2v) is 5.26. The van der Waals surface area contributed by atoms with Crippen molar-refractivity contribution in [3.63, 3.8) is 0 Å². The van der Waals surface area contributed by atoms with E-state index in [0.29, 0.717) is 0 Å². The molecule has 0 aromatic heterocycles. The molecule has 0 aliphatic heterocycles. The van der Waals surface area contributed by atoms with Crippen LogP contribution in [-0.4, -0.2) is 40.4 Å². The number of carbonyl (C=O) groups excluding carboxylic acids is 1. The molecule has 100 valence electrons. The molecule has 0 spiro atoms. The first-order chi connectivity index (χ1) is 7.55. The maximum atomic E-state index is 11.5. The van der Waals surface area contributed by atoms with Gasteiger partial charge in [0.2, 0.25) is 0 Å². The minimum absolute atomic E-state index is 0.119. The molecule has 0 bridgehead atoms. The number of aliphatic carboxylic acids is 1. The van der Waals surface area contributed by atoms with Gasteiger partial charge in [-0.2, -0.15) is 0 Å². The summed E-state index contributed by atoms with van der Waals surface area (Å²) in [5.41, 5.74) is -0.124. The van der Waals surface area contributed by atoms with Crippen LogP contribution in [0.4, 0.5) is 4.79 Å². The molecular formula is C11H22N2O4. The fraction of sp³-hybridized carbons (Fsp3) is 0.818. The van der Waals surface area contributed by atoms with Crippen LogP contribution in [0.25, 0.3) is 0 Å². The summed E-state index contributed by atoms with van der Waals surface area (Å²) in [6.45, 7) is 9.02. The molecule has 0 aliphatic carbocycles. The van der Waals surface area contributed by atoms with E-state index in [1.165, 1.54) is 6.92 Å². The van der Waals surface area contributed by atoms with E-state index < -0.39 is 24.1 Å². The SMILES string of the molecule is CC(O)C(NC(=O)NC(C)C(C)(C)C)C(=O)O. The number of aliphatic hydroxyl groups is 1. The van der Waals surface area contributed by atoms with Gasteiger partial charge in [-0.3, -0.25) is 0 Å². The zero-order chi connectivity index (χ0) is 13.8. The largest absolute Gasteiger partial charge is 0.480 e. The molecule has 0 rings (SSSR count). The number of hydrogen-bond acceptors (Lipinski definition) is 3. The van der Waals surface area contributed by atoms with Gasteiger partial charge in [-0.25, -0.2) is 9.59 Å². The van der Waals surface area contributed by atoms with E-state index in [4.69, 9.17) is 5.11 Å². The van der Waals surface area contributed by atoms with Crippen LogP contribution in [0.3, 0.4) is 0 Å². The summed E-state index contributed by atoms with van der Waals surface area (Å²) >= 11 is 0. The topological polar surface area (TPSA) is 98.7 Å². The number of carboxylic acid groups (broad SMARTS) is 1. The molecule has 0 aliphatic rings. The number of nitrogens with one attached hydrogen (secondary N) is 2. The second kappa shape index (κ2) is 5.86. The molecule has 3 atom stereocenters. The van der Waals surface area contributed by atoms with Crippen LogP contribution < -0.4 is 10.6 Å². The van der Waals surface area contributed by atoms with E-state index >= 15 is 0 Å². The fourth-order valence-corrected chi connectivity index (χ4v) is 0.985. The van der Waals surface area contributed by atoms with Crippen molar-refractivity contribution in [1.82, 2.24) is 10.6 Å². The molecule has 17 heavy (non-hydrogen) atoms. The van der Waals surface area contributed by atoms with Crippen LogP contribution in [0, 0.1) is 5.41 Å². The lowest BCUT2D eigenvalue weighted by Crippen LogP contribution is -2.54. The van der Waals surface area contributed by atoms with Crippen molar-refractivity contribution in [3.05, 3.63) is 0 Å². The summed E-state index contributed by atoms with van der Waals surface area (Å²) in [6.07, 6.45) is -1.15. The van der Waals surface area contributed by atoms with Crippen molar-refractivity contribution >= 4 is 12.0 Å². The third kappa shape index (κ3) is 5.53. The second-order valence-electron chi connectivity index (χ2n) is 5.26. The standard InChI is InChI=1S/C11H22N2O4/c1-6(14)8(9(15)16)13-10(17)12-7(2)11(3,4)5/h6-8,14H,1-5H3,(H,15,16)(H2,12,13,17). The van der Waals surface area contributed by atoms with Gasteiger partial charge in [-0.05, 0) is 19.3 Å². The number of urea groups is 1. The lowest BCUT2D eigenvalue weighted by molar-refractivity contribution is -0.141. The van der Waals surface area contributed by atoms with Crippen molar-refractivity contribution in [3.8, 4) is 0 Å². The van der Waals surface area contributed by atoms with E-state index in [1.807, 2.05) is 27.7 Å². The number of amides is 2. The van der Waals surface area contributed by atoms with Gasteiger partial charge < -0.3 is 20.8 Å². The van der Waals surface area contributed by atoms with Gasteiger partial charge in [0.05, 0.1) is 6.10 Å². The molecule has 6 nitrogen and oxygen atoms in total. The van der Waals surface area contributed by atoms with E-state index in [9.17, 15) is 14.7 Å². The zero-order valence-electron chi connectivity index (χ0n) is 10.9. The van der Waals surface area contributed by atoms with Crippen molar-refractivity contribution < 1.29 is 19.8 Å². The van der Waals surface area contributed by atoms with Gasteiger partial charge in [-0.1, -0.05) is 20.8 Å². The number of carboxylic acids is 1. The quantitative estimate of drug-likeness (QED) is 0.582. The normalized spacial score (nSPS) is 16.8. The average Bonchev–Trinajstić information content (AvgIpc) is 2.11. The number of carbonyl (C=O) groups is 2. The predicted octanol–water partition coefficient (Wildman–Crippen LogP) is 0.554. The minimum atomic E-state index is -1.30. The average molecular weight is 246 g/mol. The van der Waals surface area contributed by atoms with Crippen LogP contribution in [0.15, 0.2) is 0 Å². The van der Waals surface area contributed by atoms with Gasteiger partial charge in [0, 0.05) is 6.04 Å². The van der Waals surface area contributed by atoms with Gasteiger partial charge >= 0.3 is 12.0 Å². The highest BCUT2D eigenvalue weighted by Crippen LogP contribution is 2.18. The van der Waals surface area contributed by atoms with Crippen molar-refractivity contribution in [1.29, 1.82) is 0 Å². The maximum Gasteiger partial charge on any atom is 0.328 e. The van der Waals surface area contributed by atoms with Crippen molar-refractivity contribution in [2.24, 2.45) is 5.41 Å². The van der Waals surface area contributed by atoms with E-state index in [1.54, 1.807) is 0 Å². The van der Waals surface area contributed by atoms with Crippen LogP contribution in [0.2, 0.25) is 0 Å². The van der Waals surface area contributed by atoms with Crippen LogP contribution in [0.1, 0.15) is 34.6 Å². The molecule has 0 aromatic rings. The molecule has 0 aromatic carbocycles. The minimum Gasteiger partial charge on any atom is -0.480 e. The number of aliphatic hydroxyl groups excluding tert-OH is 1. The Morgan fingerprint density at radius 1 is 1.12 bits per heavy atom. The zero-order valence-corrected chi connectivity index (χ0v) is 10.9.